The number of nitrogens with zero attached hydrogens (tertiary/aromatic N) is 1. The zero-order valence-corrected chi connectivity index (χ0v) is 15.3. The molecule has 2 aromatic carbocycles. The number of hydrogen-bond donors (Lipinski definition) is 1. The zero-order chi connectivity index (χ0) is 16.7. The van der Waals surface area contributed by atoms with E-state index in [-0.39, 0.29) is 0 Å². The summed E-state index contributed by atoms with van der Waals surface area (Å²) in [6.07, 6.45) is 0.472. The summed E-state index contributed by atoms with van der Waals surface area (Å²) in [7, 11) is 2.02. The van der Waals surface area contributed by atoms with E-state index in [0.29, 0.717) is 13.2 Å². The third kappa shape index (κ3) is 6.34. The van der Waals surface area contributed by atoms with E-state index in [1.807, 2.05) is 38.2 Å². The number of rotatable bonds is 8. The van der Waals surface area contributed by atoms with E-state index in [1.165, 1.54) is 5.56 Å². The van der Waals surface area contributed by atoms with Gasteiger partial charge in [-0.25, -0.2) is 0 Å². The summed E-state index contributed by atoms with van der Waals surface area (Å²) in [5.41, 5.74) is 2.38. The molecule has 0 radical (unpaired) electrons. The number of aliphatic hydroxyl groups is 1. The quantitative estimate of drug-likeness (QED) is 0.761. The molecule has 2 rings (SSSR count). The van der Waals surface area contributed by atoms with Crippen LogP contribution in [0.1, 0.15) is 11.1 Å². The molecule has 0 aliphatic rings. The van der Waals surface area contributed by atoms with Crippen molar-refractivity contribution in [3.05, 3.63) is 64.1 Å². The van der Waals surface area contributed by atoms with Gasteiger partial charge in [-0.1, -0.05) is 46.3 Å². The first-order chi connectivity index (χ1) is 11.0. The highest BCUT2D eigenvalue weighted by Crippen LogP contribution is 2.16. The van der Waals surface area contributed by atoms with Gasteiger partial charge in [-0.05, 0) is 49.7 Å². The number of hydrogen-bond acceptors (Lipinski definition) is 3. The summed E-state index contributed by atoms with van der Waals surface area (Å²) < 4.78 is 6.79. The van der Waals surface area contributed by atoms with Gasteiger partial charge in [0.05, 0.1) is 0 Å². The lowest BCUT2D eigenvalue weighted by atomic mass is 10.1. The largest absolute Gasteiger partial charge is 0.491 e. The predicted molar refractivity (Wildman–Crippen MR) is 98.0 cm³/mol. The Morgan fingerprint density at radius 1 is 1.13 bits per heavy atom. The Bertz CT molecular complexity index is 601. The monoisotopic (exact) mass is 377 g/mol. The van der Waals surface area contributed by atoms with E-state index in [2.05, 4.69) is 45.1 Å². The van der Waals surface area contributed by atoms with Gasteiger partial charge in [-0.15, -0.1) is 0 Å². The highest BCUT2D eigenvalue weighted by atomic mass is 79.9. The maximum atomic E-state index is 10.1. The van der Waals surface area contributed by atoms with E-state index in [9.17, 15) is 5.11 Å². The van der Waals surface area contributed by atoms with Gasteiger partial charge in [0, 0.05) is 17.6 Å². The second kappa shape index (κ2) is 9.06. The van der Waals surface area contributed by atoms with Gasteiger partial charge in [-0.2, -0.15) is 0 Å². The Labute approximate surface area is 147 Å². The Hall–Kier alpha value is -1.36. The van der Waals surface area contributed by atoms with Crippen molar-refractivity contribution < 1.29 is 9.84 Å². The number of likely N-dealkylation sites (N-methyl/N-ethyl adjacent to an activating group) is 1. The molecule has 0 heterocycles. The Balaban J connectivity index is 1.71. The van der Waals surface area contributed by atoms with Crippen molar-refractivity contribution in [3.8, 4) is 5.75 Å². The molecule has 0 aromatic heterocycles. The molecular formula is C19H24BrNO2. The number of aliphatic hydroxyl groups excluding tert-OH is 1. The van der Waals surface area contributed by atoms with E-state index >= 15 is 0 Å². The lowest BCUT2D eigenvalue weighted by Gasteiger charge is -2.21. The Morgan fingerprint density at radius 2 is 1.83 bits per heavy atom. The second-order valence-corrected chi connectivity index (χ2v) is 6.78. The van der Waals surface area contributed by atoms with Crippen molar-refractivity contribution in [1.29, 1.82) is 0 Å². The van der Waals surface area contributed by atoms with Crippen LogP contribution >= 0.6 is 15.9 Å². The molecule has 124 valence electrons. The first-order valence-corrected chi connectivity index (χ1v) is 8.63. The fourth-order valence-corrected chi connectivity index (χ4v) is 2.64. The van der Waals surface area contributed by atoms with Crippen LogP contribution in [0.15, 0.2) is 53.0 Å². The van der Waals surface area contributed by atoms with Crippen molar-refractivity contribution in [3.63, 3.8) is 0 Å². The van der Waals surface area contributed by atoms with Crippen molar-refractivity contribution in [2.24, 2.45) is 0 Å². The summed E-state index contributed by atoms with van der Waals surface area (Å²) >= 11 is 3.44. The summed E-state index contributed by atoms with van der Waals surface area (Å²) in [5.74, 6) is 0.837. The maximum absolute atomic E-state index is 10.1. The third-order valence-electron chi connectivity index (χ3n) is 3.74. The Morgan fingerprint density at radius 3 is 2.52 bits per heavy atom. The summed E-state index contributed by atoms with van der Waals surface area (Å²) in [5, 5.41) is 10.1. The molecule has 3 nitrogen and oxygen atoms in total. The molecule has 1 unspecified atom stereocenters. The normalized spacial score (nSPS) is 12.4. The van der Waals surface area contributed by atoms with Gasteiger partial charge in [0.15, 0.2) is 0 Å². The van der Waals surface area contributed by atoms with Crippen LogP contribution in [-0.4, -0.2) is 42.9 Å². The first kappa shape index (κ1) is 18.0. The lowest BCUT2D eigenvalue weighted by Crippen LogP contribution is -2.34. The van der Waals surface area contributed by atoms with Crippen LogP contribution in [0.25, 0.3) is 0 Å². The van der Waals surface area contributed by atoms with E-state index < -0.39 is 6.10 Å². The topological polar surface area (TPSA) is 32.7 Å². The van der Waals surface area contributed by atoms with Gasteiger partial charge >= 0.3 is 0 Å². The highest BCUT2D eigenvalue weighted by Gasteiger charge is 2.10. The van der Waals surface area contributed by atoms with Gasteiger partial charge < -0.3 is 14.7 Å². The maximum Gasteiger partial charge on any atom is 0.122 e. The van der Waals surface area contributed by atoms with Crippen LogP contribution in [0.3, 0.4) is 0 Å². The number of halogens is 1. The van der Waals surface area contributed by atoms with E-state index in [1.54, 1.807) is 0 Å². The summed E-state index contributed by atoms with van der Waals surface area (Å²) in [6.45, 7) is 3.82. The van der Waals surface area contributed by atoms with Crippen LogP contribution in [-0.2, 0) is 6.42 Å². The minimum Gasteiger partial charge on any atom is -0.491 e. The highest BCUT2D eigenvalue weighted by molar-refractivity contribution is 9.10. The molecular weight excluding hydrogens is 354 g/mol. The molecule has 0 aliphatic heterocycles. The molecule has 0 spiro atoms. The summed E-state index contributed by atoms with van der Waals surface area (Å²) in [4.78, 5) is 2.13. The molecule has 0 saturated carbocycles. The SMILES string of the molecule is Cc1ccccc1OCC(O)CN(C)CCc1ccc(Br)cc1. The fourth-order valence-electron chi connectivity index (χ4n) is 2.38. The minimum atomic E-state index is -0.496. The van der Waals surface area contributed by atoms with Crippen LogP contribution in [0, 0.1) is 6.92 Å². The third-order valence-corrected chi connectivity index (χ3v) is 4.27. The van der Waals surface area contributed by atoms with Crippen LogP contribution in [0.4, 0.5) is 0 Å². The molecule has 0 bridgehead atoms. The van der Waals surface area contributed by atoms with E-state index in [0.717, 1.165) is 28.8 Å². The molecule has 1 N–H and O–H groups in total. The molecule has 0 aliphatic carbocycles. The van der Waals surface area contributed by atoms with Gasteiger partial charge in [-0.3, -0.25) is 0 Å². The van der Waals surface area contributed by atoms with Crippen LogP contribution < -0.4 is 4.74 Å². The van der Waals surface area contributed by atoms with Crippen molar-refractivity contribution >= 4 is 15.9 Å². The van der Waals surface area contributed by atoms with Gasteiger partial charge in [0.1, 0.15) is 18.5 Å². The number of aryl methyl sites for hydroxylation is 1. The molecule has 0 saturated heterocycles. The minimum absolute atomic E-state index is 0.313. The van der Waals surface area contributed by atoms with Crippen molar-refractivity contribution in [1.82, 2.24) is 4.90 Å². The van der Waals surface area contributed by atoms with Gasteiger partial charge in [0.25, 0.3) is 0 Å². The predicted octanol–water partition coefficient (Wildman–Crippen LogP) is 3.67. The van der Waals surface area contributed by atoms with Crippen LogP contribution in [0.5, 0.6) is 5.75 Å². The summed E-state index contributed by atoms with van der Waals surface area (Å²) in [6, 6.07) is 16.2. The molecule has 0 fully saturated rings. The smallest absolute Gasteiger partial charge is 0.122 e. The molecule has 2 aromatic rings. The molecule has 23 heavy (non-hydrogen) atoms. The van der Waals surface area contributed by atoms with E-state index in [4.69, 9.17) is 4.74 Å². The first-order valence-electron chi connectivity index (χ1n) is 7.84. The average Bonchev–Trinajstić information content (AvgIpc) is 2.53. The van der Waals surface area contributed by atoms with Crippen molar-refractivity contribution in [2.45, 2.75) is 19.4 Å². The molecule has 0 amide bonds. The molecule has 4 heteroatoms. The zero-order valence-electron chi connectivity index (χ0n) is 13.7. The standard InChI is InChI=1S/C19H24BrNO2/c1-15-5-3-4-6-19(15)23-14-18(22)13-21(2)12-11-16-7-9-17(20)10-8-16/h3-10,18,22H,11-14H2,1-2H3. The second-order valence-electron chi connectivity index (χ2n) is 5.87. The van der Waals surface area contributed by atoms with Gasteiger partial charge in [0.2, 0.25) is 0 Å². The Kier molecular flexibility index (Phi) is 7.09. The van der Waals surface area contributed by atoms with Crippen molar-refractivity contribution in [2.75, 3.05) is 26.7 Å². The van der Waals surface area contributed by atoms with Crippen LogP contribution in [0.2, 0.25) is 0 Å². The average molecular weight is 378 g/mol. The number of benzene rings is 2. The number of ether oxygens (including phenoxy) is 1. The number of para-hydroxylation sites is 1. The molecule has 1 atom stereocenters. The lowest BCUT2D eigenvalue weighted by molar-refractivity contribution is 0.0764. The fraction of sp³-hybridized carbons (Fsp3) is 0.368.